The zero-order valence-electron chi connectivity index (χ0n) is 15.4. The fraction of sp³-hybridized carbons (Fsp3) is 0.364. The smallest absolute Gasteiger partial charge is 0.251 e. The molecule has 2 N–H and O–H groups in total. The Bertz CT molecular complexity index is 749. The molecule has 2 aromatic rings. The van der Waals surface area contributed by atoms with Gasteiger partial charge in [-0.2, -0.15) is 0 Å². The molecule has 0 spiro atoms. The van der Waals surface area contributed by atoms with Crippen molar-refractivity contribution in [1.29, 1.82) is 0 Å². The number of anilines is 1. The predicted octanol–water partition coefficient (Wildman–Crippen LogP) is 4.55. The minimum atomic E-state index is -0.0976. The molecule has 0 aromatic heterocycles. The largest absolute Gasteiger partial charge is 0.345 e. The lowest BCUT2D eigenvalue weighted by atomic mass is 9.96. The lowest BCUT2D eigenvalue weighted by Gasteiger charge is -2.21. The van der Waals surface area contributed by atoms with Crippen molar-refractivity contribution in [2.24, 2.45) is 11.8 Å². The second-order valence-electron chi connectivity index (χ2n) is 7.41. The first-order valence-electron chi connectivity index (χ1n) is 9.29. The van der Waals surface area contributed by atoms with Gasteiger partial charge in [0.25, 0.3) is 5.91 Å². The van der Waals surface area contributed by atoms with Crippen LogP contribution in [0.5, 0.6) is 0 Å². The normalized spacial score (nSPS) is 14.7. The minimum absolute atomic E-state index is 0.0158. The molecule has 0 saturated heterocycles. The Labute approximate surface area is 155 Å². The maximum Gasteiger partial charge on any atom is 0.251 e. The summed E-state index contributed by atoms with van der Waals surface area (Å²) in [5, 5.41) is 6.04. The fourth-order valence-corrected chi connectivity index (χ4v) is 2.97. The molecule has 1 aliphatic rings. The third-order valence-electron chi connectivity index (χ3n) is 4.58. The van der Waals surface area contributed by atoms with Crippen LogP contribution in [0.4, 0.5) is 5.69 Å². The summed E-state index contributed by atoms with van der Waals surface area (Å²) in [7, 11) is 0. The molecule has 1 atom stereocenters. The number of carbonyl (C=O) groups is 2. The Kier molecular flexibility index (Phi) is 5.71. The van der Waals surface area contributed by atoms with Gasteiger partial charge >= 0.3 is 0 Å². The topological polar surface area (TPSA) is 58.2 Å². The zero-order valence-corrected chi connectivity index (χ0v) is 15.4. The van der Waals surface area contributed by atoms with E-state index in [1.165, 1.54) is 0 Å². The number of amides is 2. The highest BCUT2D eigenvalue weighted by atomic mass is 16.2. The Morgan fingerprint density at radius 1 is 1.00 bits per heavy atom. The van der Waals surface area contributed by atoms with Crippen molar-refractivity contribution in [2.45, 2.75) is 39.2 Å². The highest BCUT2D eigenvalue weighted by Gasteiger charge is 2.29. The Morgan fingerprint density at radius 2 is 1.65 bits per heavy atom. The van der Waals surface area contributed by atoms with E-state index in [4.69, 9.17) is 0 Å². The third kappa shape index (κ3) is 4.94. The molecule has 1 fully saturated rings. The molecule has 136 valence electrons. The summed E-state index contributed by atoms with van der Waals surface area (Å²) < 4.78 is 0. The highest BCUT2D eigenvalue weighted by molar-refractivity contribution is 5.97. The van der Waals surface area contributed by atoms with Crippen LogP contribution in [0.15, 0.2) is 54.6 Å². The first-order valence-corrected chi connectivity index (χ1v) is 9.29. The van der Waals surface area contributed by atoms with Crippen LogP contribution in [0.1, 0.15) is 55.1 Å². The summed E-state index contributed by atoms with van der Waals surface area (Å²) in [5.74, 6) is 0.615. The van der Waals surface area contributed by atoms with Crippen molar-refractivity contribution in [3.8, 4) is 0 Å². The van der Waals surface area contributed by atoms with Crippen LogP contribution < -0.4 is 10.6 Å². The maximum absolute atomic E-state index is 12.7. The molecule has 0 radical (unpaired) electrons. The predicted molar refractivity (Wildman–Crippen MR) is 104 cm³/mol. The summed E-state index contributed by atoms with van der Waals surface area (Å²) in [4.78, 5) is 24.5. The van der Waals surface area contributed by atoms with Gasteiger partial charge in [0, 0.05) is 17.2 Å². The number of nitrogens with one attached hydrogen (secondary N) is 2. The standard InChI is InChI=1S/C22H26N2O2/c1-15(2)14-20(16-6-4-3-5-7-16)24-22(26)18-10-12-19(13-11-18)23-21(25)17-8-9-17/h3-7,10-13,15,17,20H,8-9,14H2,1-2H3,(H,23,25)(H,24,26)/t20-/m0/s1. The van der Waals surface area contributed by atoms with Gasteiger partial charge in [-0.25, -0.2) is 0 Å². The Morgan fingerprint density at radius 3 is 2.23 bits per heavy atom. The Balaban J connectivity index is 1.65. The van der Waals surface area contributed by atoms with Gasteiger partial charge in [0.05, 0.1) is 6.04 Å². The third-order valence-corrected chi connectivity index (χ3v) is 4.58. The number of hydrogen-bond donors (Lipinski definition) is 2. The van der Waals surface area contributed by atoms with Crippen LogP contribution in [0.2, 0.25) is 0 Å². The van der Waals surface area contributed by atoms with Crippen LogP contribution in [-0.4, -0.2) is 11.8 Å². The average Bonchev–Trinajstić information content (AvgIpc) is 3.47. The minimum Gasteiger partial charge on any atom is -0.345 e. The molecule has 2 aromatic carbocycles. The van der Waals surface area contributed by atoms with E-state index in [2.05, 4.69) is 24.5 Å². The van der Waals surface area contributed by atoms with Crippen molar-refractivity contribution in [3.05, 3.63) is 65.7 Å². The van der Waals surface area contributed by atoms with E-state index in [0.717, 1.165) is 30.5 Å². The van der Waals surface area contributed by atoms with E-state index in [1.807, 2.05) is 30.3 Å². The summed E-state index contributed by atoms with van der Waals surface area (Å²) >= 11 is 0. The fourth-order valence-electron chi connectivity index (χ4n) is 2.97. The van der Waals surface area contributed by atoms with Gasteiger partial charge in [-0.05, 0) is 55.0 Å². The van der Waals surface area contributed by atoms with Crippen LogP contribution in [0, 0.1) is 11.8 Å². The molecule has 4 nitrogen and oxygen atoms in total. The average molecular weight is 350 g/mol. The van der Waals surface area contributed by atoms with Gasteiger partial charge in [0.2, 0.25) is 5.91 Å². The molecule has 2 amide bonds. The molecule has 3 rings (SSSR count). The quantitative estimate of drug-likeness (QED) is 0.769. The molecule has 4 heteroatoms. The van der Waals surface area contributed by atoms with Crippen molar-refractivity contribution in [2.75, 3.05) is 5.32 Å². The SMILES string of the molecule is CC(C)C[C@H](NC(=O)c1ccc(NC(=O)C2CC2)cc1)c1ccccc1. The first-order chi connectivity index (χ1) is 12.5. The second kappa shape index (κ2) is 8.17. The first kappa shape index (κ1) is 18.2. The van der Waals surface area contributed by atoms with Gasteiger partial charge in [0.15, 0.2) is 0 Å². The van der Waals surface area contributed by atoms with Crippen LogP contribution in [0.25, 0.3) is 0 Å². The number of rotatable bonds is 7. The van der Waals surface area contributed by atoms with Crippen LogP contribution in [-0.2, 0) is 4.79 Å². The van der Waals surface area contributed by atoms with Gasteiger partial charge in [-0.3, -0.25) is 9.59 Å². The monoisotopic (exact) mass is 350 g/mol. The van der Waals surface area contributed by atoms with E-state index in [-0.39, 0.29) is 23.8 Å². The van der Waals surface area contributed by atoms with Crippen molar-refractivity contribution >= 4 is 17.5 Å². The zero-order chi connectivity index (χ0) is 18.5. The van der Waals surface area contributed by atoms with Crippen molar-refractivity contribution in [3.63, 3.8) is 0 Å². The van der Waals surface area contributed by atoms with E-state index in [9.17, 15) is 9.59 Å². The second-order valence-corrected chi connectivity index (χ2v) is 7.41. The van der Waals surface area contributed by atoms with E-state index >= 15 is 0 Å². The molecule has 0 aliphatic heterocycles. The van der Waals surface area contributed by atoms with Crippen molar-refractivity contribution in [1.82, 2.24) is 5.32 Å². The molecule has 0 heterocycles. The van der Waals surface area contributed by atoms with Gasteiger partial charge < -0.3 is 10.6 Å². The molecule has 1 saturated carbocycles. The molecule has 1 aliphatic carbocycles. The maximum atomic E-state index is 12.7. The lowest BCUT2D eigenvalue weighted by molar-refractivity contribution is -0.117. The molecular formula is C22H26N2O2. The summed E-state index contributed by atoms with van der Waals surface area (Å²) in [6.07, 6.45) is 2.83. The molecule has 26 heavy (non-hydrogen) atoms. The number of carbonyl (C=O) groups excluding carboxylic acids is 2. The molecule has 0 unspecified atom stereocenters. The van der Waals surface area contributed by atoms with E-state index < -0.39 is 0 Å². The summed E-state index contributed by atoms with van der Waals surface area (Å²) in [5.41, 5.74) is 2.45. The van der Waals surface area contributed by atoms with E-state index in [1.54, 1.807) is 24.3 Å². The van der Waals surface area contributed by atoms with Crippen LogP contribution in [0.3, 0.4) is 0 Å². The Hall–Kier alpha value is -2.62. The number of benzene rings is 2. The van der Waals surface area contributed by atoms with Gasteiger partial charge in [0.1, 0.15) is 0 Å². The summed E-state index contributed by atoms with van der Waals surface area (Å²) in [6.45, 7) is 4.30. The molecule has 0 bridgehead atoms. The van der Waals surface area contributed by atoms with Gasteiger partial charge in [-0.15, -0.1) is 0 Å². The highest BCUT2D eigenvalue weighted by Crippen LogP contribution is 2.30. The molecular weight excluding hydrogens is 324 g/mol. The van der Waals surface area contributed by atoms with Crippen LogP contribution >= 0.6 is 0 Å². The van der Waals surface area contributed by atoms with E-state index in [0.29, 0.717) is 11.5 Å². The van der Waals surface area contributed by atoms with Gasteiger partial charge in [-0.1, -0.05) is 44.2 Å². The lowest BCUT2D eigenvalue weighted by Crippen LogP contribution is -2.29. The summed E-state index contributed by atoms with van der Waals surface area (Å²) in [6, 6.07) is 17.1. The number of hydrogen-bond acceptors (Lipinski definition) is 2. The van der Waals surface area contributed by atoms with Crippen molar-refractivity contribution < 1.29 is 9.59 Å².